The maximum absolute atomic E-state index is 7.41. The molecule has 1 atom stereocenters. The Balaban J connectivity index is 2.26. The predicted molar refractivity (Wildman–Crippen MR) is 68.2 cm³/mol. The summed E-state index contributed by atoms with van der Waals surface area (Å²) in [6.07, 6.45) is 1.27. The van der Waals surface area contributed by atoms with Crippen LogP contribution in [-0.4, -0.2) is 18.9 Å². The molecule has 0 aliphatic carbocycles. The minimum Gasteiger partial charge on any atom is -0.384 e. The SMILES string of the molecule is Cc1cc(C(=N)N)ccc1N1CCC(C)C1. The number of nitrogens with zero attached hydrogens (tertiary/aromatic N) is 1. The molecule has 0 aromatic heterocycles. The van der Waals surface area contributed by atoms with Crippen molar-refractivity contribution in [2.75, 3.05) is 18.0 Å². The molecular weight excluding hydrogens is 198 g/mol. The third-order valence-electron chi connectivity index (χ3n) is 3.27. The standard InChI is InChI=1S/C13H19N3/c1-9-5-6-16(8-9)12-4-3-11(13(14)15)7-10(12)2/h3-4,7,9H,5-6,8H2,1-2H3,(H3,14,15). The van der Waals surface area contributed by atoms with Gasteiger partial charge in [0.25, 0.3) is 0 Å². The minimum atomic E-state index is 0.143. The van der Waals surface area contributed by atoms with E-state index in [0.717, 1.165) is 24.6 Å². The molecule has 3 nitrogen and oxygen atoms in total. The van der Waals surface area contributed by atoms with Crippen molar-refractivity contribution in [3.05, 3.63) is 29.3 Å². The highest BCUT2D eigenvalue weighted by molar-refractivity contribution is 5.95. The Bertz CT molecular complexity index is 412. The van der Waals surface area contributed by atoms with Gasteiger partial charge in [0.1, 0.15) is 5.84 Å². The number of anilines is 1. The number of aryl methyl sites for hydroxylation is 1. The molecule has 1 fully saturated rings. The Kier molecular flexibility index (Phi) is 2.86. The monoisotopic (exact) mass is 217 g/mol. The first kappa shape index (κ1) is 11.0. The average molecular weight is 217 g/mol. The van der Waals surface area contributed by atoms with Gasteiger partial charge in [-0.2, -0.15) is 0 Å². The van der Waals surface area contributed by atoms with Gasteiger partial charge in [-0.05, 0) is 43.0 Å². The summed E-state index contributed by atoms with van der Waals surface area (Å²) in [7, 11) is 0. The van der Waals surface area contributed by atoms with E-state index in [2.05, 4.69) is 24.8 Å². The molecule has 0 radical (unpaired) electrons. The highest BCUT2D eigenvalue weighted by Gasteiger charge is 2.20. The molecule has 1 aromatic rings. The van der Waals surface area contributed by atoms with Crippen LogP contribution in [0.15, 0.2) is 18.2 Å². The van der Waals surface area contributed by atoms with Crippen molar-refractivity contribution in [3.63, 3.8) is 0 Å². The number of amidine groups is 1. The van der Waals surface area contributed by atoms with E-state index in [-0.39, 0.29) is 5.84 Å². The number of nitrogen functional groups attached to an aromatic ring is 1. The van der Waals surface area contributed by atoms with E-state index in [4.69, 9.17) is 11.1 Å². The molecule has 0 bridgehead atoms. The summed E-state index contributed by atoms with van der Waals surface area (Å²) in [5.74, 6) is 0.927. The lowest BCUT2D eigenvalue weighted by atomic mass is 10.1. The zero-order valence-corrected chi connectivity index (χ0v) is 9.96. The van der Waals surface area contributed by atoms with Crippen LogP contribution < -0.4 is 10.6 Å². The number of nitrogens with one attached hydrogen (secondary N) is 1. The van der Waals surface area contributed by atoms with E-state index < -0.39 is 0 Å². The first-order valence-corrected chi connectivity index (χ1v) is 5.78. The number of hydrogen-bond acceptors (Lipinski definition) is 2. The van der Waals surface area contributed by atoms with E-state index >= 15 is 0 Å². The molecular formula is C13H19N3. The zero-order valence-electron chi connectivity index (χ0n) is 9.96. The fourth-order valence-electron chi connectivity index (χ4n) is 2.33. The molecule has 0 amide bonds. The molecule has 1 aliphatic heterocycles. The molecule has 2 rings (SSSR count). The predicted octanol–water partition coefficient (Wildman–Crippen LogP) is 2.13. The minimum absolute atomic E-state index is 0.143. The van der Waals surface area contributed by atoms with Gasteiger partial charge in [-0.1, -0.05) is 6.92 Å². The summed E-state index contributed by atoms with van der Waals surface area (Å²) < 4.78 is 0. The Labute approximate surface area is 96.8 Å². The van der Waals surface area contributed by atoms with Crippen LogP contribution in [0.25, 0.3) is 0 Å². The van der Waals surface area contributed by atoms with Gasteiger partial charge in [0.15, 0.2) is 0 Å². The summed E-state index contributed by atoms with van der Waals surface area (Å²) in [6, 6.07) is 6.03. The van der Waals surface area contributed by atoms with E-state index in [1.54, 1.807) is 0 Å². The van der Waals surface area contributed by atoms with Crippen LogP contribution in [0.1, 0.15) is 24.5 Å². The lowest BCUT2D eigenvalue weighted by Crippen LogP contribution is -2.20. The second-order valence-corrected chi connectivity index (χ2v) is 4.75. The molecule has 1 aromatic carbocycles. The van der Waals surface area contributed by atoms with Gasteiger partial charge in [-0.3, -0.25) is 5.41 Å². The molecule has 16 heavy (non-hydrogen) atoms. The summed E-state index contributed by atoms with van der Waals surface area (Å²) in [6.45, 7) is 6.66. The van der Waals surface area contributed by atoms with Gasteiger partial charge >= 0.3 is 0 Å². The number of hydrogen-bond donors (Lipinski definition) is 2. The third kappa shape index (κ3) is 2.03. The largest absolute Gasteiger partial charge is 0.384 e. The van der Waals surface area contributed by atoms with Gasteiger partial charge in [0, 0.05) is 24.3 Å². The fraction of sp³-hybridized carbons (Fsp3) is 0.462. The van der Waals surface area contributed by atoms with Gasteiger partial charge < -0.3 is 10.6 Å². The van der Waals surface area contributed by atoms with Crippen molar-refractivity contribution in [2.24, 2.45) is 11.7 Å². The average Bonchev–Trinajstić information content (AvgIpc) is 2.64. The van der Waals surface area contributed by atoms with Gasteiger partial charge in [0.2, 0.25) is 0 Å². The normalized spacial score (nSPS) is 20.1. The van der Waals surface area contributed by atoms with Crippen molar-refractivity contribution < 1.29 is 0 Å². The van der Waals surface area contributed by atoms with Crippen LogP contribution in [0.4, 0.5) is 5.69 Å². The Morgan fingerprint density at radius 3 is 2.75 bits per heavy atom. The fourth-order valence-corrected chi connectivity index (χ4v) is 2.33. The second kappa shape index (κ2) is 4.16. The molecule has 1 saturated heterocycles. The molecule has 86 valence electrons. The van der Waals surface area contributed by atoms with E-state index in [9.17, 15) is 0 Å². The second-order valence-electron chi connectivity index (χ2n) is 4.75. The smallest absolute Gasteiger partial charge is 0.122 e. The van der Waals surface area contributed by atoms with Crippen LogP contribution in [-0.2, 0) is 0 Å². The molecule has 0 saturated carbocycles. The number of rotatable bonds is 2. The van der Waals surface area contributed by atoms with Gasteiger partial charge in [0.05, 0.1) is 0 Å². The summed E-state index contributed by atoms with van der Waals surface area (Å²) in [4.78, 5) is 2.42. The van der Waals surface area contributed by atoms with Crippen molar-refractivity contribution in [2.45, 2.75) is 20.3 Å². The topological polar surface area (TPSA) is 53.1 Å². The quantitative estimate of drug-likeness (QED) is 0.589. The Morgan fingerprint density at radius 1 is 1.50 bits per heavy atom. The van der Waals surface area contributed by atoms with E-state index in [1.807, 2.05) is 12.1 Å². The highest BCUT2D eigenvalue weighted by atomic mass is 15.1. The summed E-state index contributed by atoms with van der Waals surface area (Å²) in [5.41, 5.74) is 8.79. The molecule has 3 heteroatoms. The van der Waals surface area contributed by atoms with Crippen LogP contribution in [0.5, 0.6) is 0 Å². The first-order chi connectivity index (χ1) is 7.58. The highest BCUT2D eigenvalue weighted by Crippen LogP contribution is 2.27. The molecule has 1 unspecified atom stereocenters. The molecule has 1 aliphatic rings. The Morgan fingerprint density at radius 2 is 2.25 bits per heavy atom. The zero-order chi connectivity index (χ0) is 11.7. The number of benzene rings is 1. The maximum atomic E-state index is 7.41. The van der Waals surface area contributed by atoms with Gasteiger partial charge in [-0.25, -0.2) is 0 Å². The number of nitrogens with two attached hydrogens (primary N) is 1. The van der Waals surface area contributed by atoms with E-state index in [1.165, 1.54) is 17.7 Å². The van der Waals surface area contributed by atoms with Crippen LogP contribution in [0.3, 0.4) is 0 Å². The summed E-state index contributed by atoms with van der Waals surface area (Å²) in [5, 5.41) is 7.41. The lowest BCUT2D eigenvalue weighted by molar-refractivity contribution is 0.659. The molecule has 3 N–H and O–H groups in total. The van der Waals surface area contributed by atoms with Crippen molar-refractivity contribution >= 4 is 11.5 Å². The van der Waals surface area contributed by atoms with Crippen molar-refractivity contribution in [1.29, 1.82) is 5.41 Å². The maximum Gasteiger partial charge on any atom is 0.122 e. The van der Waals surface area contributed by atoms with Gasteiger partial charge in [-0.15, -0.1) is 0 Å². The van der Waals surface area contributed by atoms with Crippen LogP contribution >= 0.6 is 0 Å². The van der Waals surface area contributed by atoms with Crippen LogP contribution in [0, 0.1) is 18.3 Å². The summed E-state index contributed by atoms with van der Waals surface area (Å²) >= 11 is 0. The van der Waals surface area contributed by atoms with E-state index in [0.29, 0.717) is 0 Å². The Hall–Kier alpha value is -1.51. The molecule has 1 heterocycles. The third-order valence-corrected chi connectivity index (χ3v) is 3.27. The van der Waals surface area contributed by atoms with Crippen molar-refractivity contribution in [3.8, 4) is 0 Å². The van der Waals surface area contributed by atoms with Crippen LogP contribution in [0.2, 0.25) is 0 Å². The molecule has 0 spiro atoms. The van der Waals surface area contributed by atoms with Crippen molar-refractivity contribution in [1.82, 2.24) is 0 Å². The lowest BCUT2D eigenvalue weighted by Gasteiger charge is -2.21. The first-order valence-electron chi connectivity index (χ1n) is 5.78.